The zero-order chi connectivity index (χ0) is 9.97. The first kappa shape index (κ1) is 9.26. The van der Waals surface area contributed by atoms with Gasteiger partial charge in [0.05, 0.1) is 9.75 Å². The molecule has 2 aromatic heterocycles. The standard InChI is InChI=1S/C9H8N2O2S/c12-9(13)7-3-2-6(14-7)8-10-4-1-5-11-8/h1-5,9,12-13H. The van der Waals surface area contributed by atoms with Crippen LogP contribution in [0.2, 0.25) is 0 Å². The number of aliphatic hydroxyl groups is 2. The normalized spacial score (nSPS) is 10.8. The summed E-state index contributed by atoms with van der Waals surface area (Å²) in [4.78, 5) is 9.44. The van der Waals surface area contributed by atoms with Crippen molar-refractivity contribution in [1.29, 1.82) is 0 Å². The Kier molecular flexibility index (Phi) is 2.53. The van der Waals surface area contributed by atoms with Gasteiger partial charge in [-0.3, -0.25) is 0 Å². The van der Waals surface area contributed by atoms with Gasteiger partial charge in [0.25, 0.3) is 0 Å². The fraction of sp³-hybridized carbons (Fsp3) is 0.111. The summed E-state index contributed by atoms with van der Waals surface area (Å²) >= 11 is 1.27. The molecular weight excluding hydrogens is 200 g/mol. The van der Waals surface area contributed by atoms with E-state index in [2.05, 4.69) is 9.97 Å². The number of hydrogen-bond acceptors (Lipinski definition) is 5. The van der Waals surface area contributed by atoms with E-state index in [1.54, 1.807) is 30.6 Å². The lowest BCUT2D eigenvalue weighted by Gasteiger charge is -1.96. The Morgan fingerprint density at radius 3 is 2.43 bits per heavy atom. The van der Waals surface area contributed by atoms with Gasteiger partial charge in [-0.1, -0.05) is 0 Å². The molecule has 0 aliphatic carbocycles. The molecule has 2 aromatic rings. The lowest BCUT2D eigenvalue weighted by atomic mass is 10.4. The minimum atomic E-state index is -1.42. The van der Waals surface area contributed by atoms with E-state index in [0.717, 1.165) is 4.88 Å². The summed E-state index contributed by atoms with van der Waals surface area (Å²) in [6, 6.07) is 5.16. The monoisotopic (exact) mass is 208 g/mol. The van der Waals surface area contributed by atoms with Crippen LogP contribution in [0.3, 0.4) is 0 Å². The molecule has 4 nitrogen and oxygen atoms in total. The summed E-state index contributed by atoms with van der Waals surface area (Å²) < 4.78 is 0. The quantitative estimate of drug-likeness (QED) is 0.727. The van der Waals surface area contributed by atoms with Crippen molar-refractivity contribution in [2.24, 2.45) is 0 Å². The van der Waals surface area contributed by atoms with Crippen molar-refractivity contribution in [2.75, 3.05) is 0 Å². The maximum absolute atomic E-state index is 8.91. The lowest BCUT2D eigenvalue weighted by molar-refractivity contribution is -0.0395. The molecule has 5 heteroatoms. The molecule has 0 radical (unpaired) electrons. The second-order valence-corrected chi connectivity index (χ2v) is 3.76. The van der Waals surface area contributed by atoms with Gasteiger partial charge in [-0.2, -0.15) is 0 Å². The van der Waals surface area contributed by atoms with Crippen molar-refractivity contribution in [2.45, 2.75) is 6.29 Å². The molecule has 0 aliphatic rings. The third-order valence-corrected chi connectivity index (χ3v) is 2.79. The first-order chi connectivity index (χ1) is 6.77. The maximum Gasteiger partial charge on any atom is 0.188 e. The summed E-state index contributed by atoms with van der Waals surface area (Å²) in [7, 11) is 0. The highest BCUT2D eigenvalue weighted by Crippen LogP contribution is 2.27. The van der Waals surface area contributed by atoms with Gasteiger partial charge >= 0.3 is 0 Å². The van der Waals surface area contributed by atoms with Crippen LogP contribution in [0.4, 0.5) is 0 Å². The van der Waals surface area contributed by atoms with Crippen LogP contribution in [0.25, 0.3) is 10.7 Å². The van der Waals surface area contributed by atoms with E-state index >= 15 is 0 Å². The van der Waals surface area contributed by atoms with Crippen molar-refractivity contribution >= 4 is 11.3 Å². The Balaban J connectivity index is 2.34. The van der Waals surface area contributed by atoms with E-state index < -0.39 is 6.29 Å². The summed E-state index contributed by atoms with van der Waals surface area (Å²) in [5.74, 6) is 0.601. The second kappa shape index (κ2) is 3.83. The third-order valence-electron chi connectivity index (χ3n) is 1.67. The van der Waals surface area contributed by atoms with Crippen LogP contribution in [0.1, 0.15) is 11.2 Å². The first-order valence-corrected chi connectivity index (χ1v) is 4.82. The maximum atomic E-state index is 8.91. The molecule has 0 saturated heterocycles. The van der Waals surface area contributed by atoms with Crippen molar-refractivity contribution < 1.29 is 10.2 Å². The molecule has 2 rings (SSSR count). The molecule has 2 N–H and O–H groups in total. The van der Waals surface area contributed by atoms with E-state index in [-0.39, 0.29) is 0 Å². The molecule has 0 amide bonds. The number of thiophene rings is 1. The number of rotatable bonds is 2. The van der Waals surface area contributed by atoms with Gasteiger partial charge < -0.3 is 10.2 Å². The number of nitrogens with zero attached hydrogens (tertiary/aromatic N) is 2. The fourth-order valence-electron chi connectivity index (χ4n) is 1.04. The Morgan fingerprint density at radius 2 is 1.86 bits per heavy atom. The molecule has 0 atom stereocenters. The van der Waals surface area contributed by atoms with Gasteiger partial charge in [-0.05, 0) is 18.2 Å². The molecule has 0 bridgehead atoms. The van der Waals surface area contributed by atoms with E-state index in [4.69, 9.17) is 10.2 Å². The van der Waals surface area contributed by atoms with E-state index in [9.17, 15) is 0 Å². The summed E-state index contributed by atoms with van der Waals surface area (Å²) in [5, 5.41) is 17.8. The van der Waals surface area contributed by atoms with E-state index in [0.29, 0.717) is 10.7 Å². The first-order valence-electron chi connectivity index (χ1n) is 4.00. The molecule has 0 aliphatic heterocycles. The molecule has 0 fully saturated rings. The van der Waals surface area contributed by atoms with Gasteiger partial charge in [0.1, 0.15) is 0 Å². The number of aliphatic hydroxyl groups excluding tert-OH is 1. The minimum Gasteiger partial charge on any atom is -0.364 e. The van der Waals surface area contributed by atoms with Crippen molar-refractivity contribution in [3.8, 4) is 10.7 Å². The Morgan fingerprint density at radius 1 is 1.14 bits per heavy atom. The minimum absolute atomic E-state index is 0.493. The van der Waals surface area contributed by atoms with E-state index in [1.165, 1.54) is 11.3 Å². The lowest BCUT2D eigenvalue weighted by Crippen LogP contribution is -1.88. The largest absolute Gasteiger partial charge is 0.364 e. The zero-order valence-electron chi connectivity index (χ0n) is 7.16. The van der Waals surface area contributed by atoms with Gasteiger partial charge in [0.15, 0.2) is 12.1 Å². The average Bonchev–Trinajstić information content (AvgIpc) is 2.68. The van der Waals surface area contributed by atoms with Crippen LogP contribution in [-0.2, 0) is 0 Å². The number of aromatic nitrogens is 2. The summed E-state index contributed by atoms with van der Waals surface area (Å²) in [6.45, 7) is 0. The Hall–Kier alpha value is -1.30. The molecule has 72 valence electrons. The van der Waals surface area contributed by atoms with Crippen LogP contribution in [-0.4, -0.2) is 20.2 Å². The van der Waals surface area contributed by atoms with Gasteiger partial charge in [0.2, 0.25) is 0 Å². The predicted molar refractivity (Wildman–Crippen MR) is 52.5 cm³/mol. The highest BCUT2D eigenvalue weighted by Gasteiger charge is 2.08. The van der Waals surface area contributed by atoms with Gasteiger partial charge in [0, 0.05) is 12.4 Å². The van der Waals surface area contributed by atoms with Crippen LogP contribution < -0.4 is 0 Å². The molecular formula is C9H8N2O2S. The molecule has 0 unspecified atom stereocenters. The van der Waals surface area contributed by atoms with Gasteiger partial charge in [-0.15, -0.1) is 11.3 Å². The average molecular weight is 208 g/mol. The summed E-state index contributed by atoms with van der Waals surface area (Å²) in [5.41, 5.74) is 0. The predicted octanol–water partition coefficient (Wildman–Crippen LogP) is 1.19. The van der Waals surface area contributed by atoms with Crippen molar-refractivity contribution in [3.63, 3.8) is 0 Å². The number of hydrogen-bond donors (Lipinski definition) is 2. The Labute approximate surface area is 84.5 Å². The molecule has 14 heavy (non-hydrogen) atoms. The highest BCUT2D eigenvalue weighted by atomic mass is 32.1. The topological polar surface area (TPSA) is 66.2 Å². The smallest absolute Gasteiger partial charge is 0.188 e. The molecule has 0 aromatic carbocycles. The highest BCUT2D eigenvalue weighted by molar-refractivity contribution is 7.15. The Bertz CT molecular complexity index is 414. The fourth-order valence-corrected chi connectivity index (χ4v) is 1.87. The van der Waals surface area contributed by atoms with Crippen LogP contribution >= 0.6 is 11.3 Å². The molecule has 2 heterocycles. The van der Waals surface area contributed by atoms with Crippen LogP contribution in [0.5, 0.6) is 0 Å². The second-order valence-electron chi connectivity index (χ2n) is 2.65. The van der Waals surface area contributed by atoms with Gasteiger partial charge in [-0.25, -0.2) is 9.97 Å². The van der Waals surface area contributed by atoms with E-state index in [1.807, 2.05) is 0 Å². The summed E-state index contributed by atoms with van der Waals surface area (Å²) in [6.07, 6.45) is 1.88. The SMILES string of the molecule is OC(O)c1ccc(-c2ncccn2)s1. The van der Waals surface area contributed by atoms with Crippen molar-refractivity contribution in [1.82, 2.24) is 9.97 Å². The molecule has 0 saturated carbocycles. The molecule has 0 spiro atoms. The van der Waals surface area contributed by atoms with Crippen molar-refractivity contribution in [3.05, 3.63) is 35.5 Å². The third kappa shape index (κ3) is 1.79. The zero-order valence-corrected chi connectivity index (χ0v) is 7.98. The van der Waals surface area contributed by atoms with Crippen LogP contribution in [0, 0.1) is 0 Å². The van der Waals surface area contributed by atoms with Crippen LogP contribution in [0.15, 0.2) is 30.6 Å².